The summed E-state index contributed by atoms with van der Waals surface area (Å²) in [6.07, 6.45) is -0.883. The number of halogens is 1. The molecule has 4 nitrogen and oxygen atoms in total. The molecule has 0 aliphatic rings. The molecule has 0 fully saturated rings. The van der Waals surface area contributed by atoms with Crippen LogP contribution in [0.1, 0.15) is 16.5 Å². The molecule has 0 saturated carbocycles. The molecule has 0 aliphatic heterocycles. The fourth-order valence-electron chi connectivity index (χ4n) is 1.60. The van der Waals surface area contributed by atoms with E-state index in [-0.39, 0.29) is 11.4 Å². The summed E-state index contributed by atoms with van der Waals surface area (Å²) in [7, 11) is 0. The molecule has 102 valence electrons. The molecular weight excluding hydrogens is 330 g/mol. The Morgan fingerprint density at radius 1 is 1.21 bits per heavy atom. The standard InChI is InChI=1S/C13H12BrNO3S/c14-12-7-6-11(19-12)13(17,18)15-8-10(16)9-4-2-1-3-5-9/h1-7,10,15-16H,8H2/q-2. The Bertz CT molecular complexity index is 530. The van der Waals surface area contributed by atoms with Gasteiger partial charge in [-0.3, -0.25) is 0 Å². The van der Waals surface area contributed by atoms with E-state index in [0.29, 0.717) is 5.56 Å². The van der Waals surface area contributed by atoms with Crippen molar-refractivity contribution in [2.24, 2.45) is 0 Å². The van der Waals surface area contributed by atoms with Crippen LogP contribution in [-0.4, -0.2) is 11.7 Å². The molecule has 1 aromatic carbocycles. The molecule has 1 aromatic heterocycles. The van der Waals surface area contributed by atoms with E-state index >= 15 is 0 Å². The third kappa shape index (κ3) is 3.85. The van der Waals surface area contributed by atoms with Crippen LogP contribution in [0.25, 0.3) is 0 Å². The van der Waals surface area contributed by atoms with Crippen molar-refractivity contribution in [3.8, 4) is 0 Å². The van der Waals surface area contributed by atoms with Crippen molar-refractivity contribution < 1.29 is 15.3 Å². The van der Waals surface area contributed by atoms with Crippen molar-refractivity contribution >= 4 is 27.3 Å². The molecule has 2 N–H and O–H groups in total. The Morgan fingerprint density at radius 3 is 2.47 bits per heavy atom. The summed E-state index contributed by atoms with van der Waals surface area (Å²) in [5.74, 6) is -2.65. The third-order valence-electron chi connectivity index (χ3n) is 2.61. The summed E-state index contributed by atoms with van der Waals surface area (Å²) in [6, 6.07) is 12.0. The summed E-state index contributed by atoms with van der Waals surface area (Å²) < 4.78 is 0.726. The van der Waals surface area contributed by atoms with E-state index in [2.05, 4.69) is 21.2 Å². The molecule has 0 aliphatic carbocycles. The third-order valence-corrected chi connectivity index (χ3v) is 4.32. The first-order chi connectivity index (χ1) is 8.99. The van der Waals surface area contributed by atoms with Gasteiger partial charge in [-0.05, 0) is 38.5 Å². The van der Waals surface area contributed by atoms with Crippen molar-refractivity contribution in [2.45, 2.75) is 12.0 Å². The van der Waals surface area contributed by atoms with Crippen LogP contribution >= 0.6 is 27.3 Å². The van der Waals surface area contributed by atoms with Gasteiger partial charge < -0.3 is 20.6 Å². The van der Waals surface area contributed by atoms with Crippen molar-refractivity contribution in [1.82, 2.24) is 5.32 Å². The summed E-state index contributed by atoms with van der Waals surface area (Å²) in [5.41, 5.74) is 0.665. The number of rotatable bonds is 5. The maximum atomic E-state index is 11.9. The zero-order valence-corrected chi connectivity index (χ0v) is 12.3. The van der Waals surface area contributed by atoms with Crippen LogP contribution in [0.5, 0.6) is 0 Å². The second-order valence-corrected chi connectivity index (χ2v) is 6.49. The normalized spacial score (nSPS) is 13.5. The van der Waals surface area contributed by atoms with Crippen LogP contribution in [0.4, 0.5) is 0 Å². The lowest BCUT2D eigenvalue weighted by atomic mass is 10.1. The molecular formula is C13H12BrNO3S-2. The van der Waals surface area contributed by atoms with E-state index in [1.807, 2.05) is 6.07 Å². The minimum atomic E-state index is -2.65. The van der Waals surface area contributed by atoms with Crippen molar-refractivity contribution in [1.29, 1.82) is 0 Å². The summed E-state index contributed by atoms with van der Waals surface area (Å²) in [4.78, 5) is 0.139. The number of hydrogen-bond acceptors (Lipinski definition) is 5. The quantitative estimate of drug-likeness (QED) is 0.783. The Morgan fingerprint density at radius 2 is 1.89 bits per heavy atom. The lowest BCUT2D eigenvalue weighted by molar-refractivity contribution is -0.744. The van der Waals surface area contributed by atoms with Crippen molar-refractivity contribution in [2.75, 3.05) is 6.54 Å². The smallest absolute Gasteiger partial charge is 0.0913 e. The van der Waals surface area contributed by atoms with Gasteiger partial charge in [-0.2, -0.15) is 0 Å². The van der Waals surface area contributed by atoms with E-state index in [1.165, 1.54) is 6.07 Å². The van der Waals surface area contributed by atoms with E-state index in [1.54, 1.807) is 30.3 Å². The van der Waals surface area contributed by atoms with Gasteiger partial charge in [-0.1, -0.05) is 30.3 Å². The molecule has 1 atom stereocenters. The Balaban J connectivity index is 1.98. The lowest BCUT2D eigenvalue weighted by Crippen LogP contribution is -2.63. The average Bonchev–Trinajstić information content (AvgIpc) is 2.85. The molecule has 0 amide bonds. The molecule has 0 radical (unpaired) electrons. The largest absolute Gasteiger partial charge is 0.848 e. The number of benzene rings is 1. The van der Waals surface area contributed by atoms with Gasteiger partial charge in [-0.25, -0.2) is 0 Å². The topological polar surface area (TPSA) is 78.4 Å². The molecule has 0 bridgehead atoms. The molecule has 0 spiro atoms. The maximum Gasteiger partial charge on any atom is 0.0913 e. The van der Waals surface area contributed by atoms with Gasteiger partial charge in [0.25, 0.3) is 0 Å². The number of aliphatic hydroxyl groups excluding tert-OH is 1. The van der Waals surface area contributed by atoms with Crippen LogP contribution in [0.2, 0.25) is 0 Å². The predicted molar refractivity (Wildman–Crippen MR) is 73.1 cm³/mol. The fraction of sp³-hybridized carbons (Fsp3) is 0.231. The molecule has 0 saturated heterocycles. The van der Waals surface area contributed by atoms with Gasteiger partial charge in [0.1, 0.15) is 0 Å². The number of thiophene rings is 1. The van der Waals surface area contributed by atoms with Crippen LogP contribution in [0.3, 0.4) is 0 Å². The first-order valence-corrected chi connectivity index (χ1v) is 7.25. The minimum absolute atomic E-state index is 0.0907. The lowest BCUT2D eigenvalue weighted by Gasteiger charge is -2.49. The molecule has 2 aromatic rings. The van der Waals surface area contributed by atoms with Crippen LogP contribution in [-0.2, 0) is 5.91 Å². The minimum Gasteiger partial charge on any atom is -0.848 e. The van der Waals surface area contributed by atoms with Crippen LogP contribution in [0.15, 0.2) is 46.3 Å². The monoisotopic (exact) mass is 341 g/mol. The Kier molecular flexibility index (Phi) is 4.72. The van der Waals surface area contributed by atoms with Gasteiger partial charge in [0.15, 0.2) is 0 Å². The second-order valence-electron chi connectivity index (χ2n) is 4.03. The van der Waals surface area contributed by atoms with E-state index in [0.717, 1.165) is 15.1 Å². The highest BCUT2D eigenvalue weighted by Crippen LogP contribution is 2.26. The Labute approximate surface area is 123 Å². The van der Waals surface area contributed by atoms with Gasteiger partial charge in [0.05, 0.1) is 9.89 Å². The van der Waals surface area contributed by atoms with E-state index < -0.39 is 12.0 Å². The predicted octanol–water partition coefficient (Wildman–Crippen LogP) is 0.665. The number of hydrogen-bond donors (Lipinski definition) is 2. The van der Waals surface area contributed by atoms with Crippen molar-refractivity contribution in [3.63, 3.8) is 0 Å². The molecule has 1 unspecified atom stereocenters. The molecule has 6 heteroatoms. The van der Waals surface area contributed by atoms with E-state index in [4.69, 9.17) is 0 Å². The van der Waals surface area contributed by atoms with Crippen LogP contribution in [0, 0.1) is 0 Å². The summed E-state index contributed by atoms with van der Waals surface area (Å²) in [6.45, 7) is -0.0907. The van der Waals surface area contributed by atoms with Crippen molar-refractivity contribution in [3.05, 3.63) is 56.7 Å². The van der Waals surface area contributed by atoms with E-state index in [9.17, 15) is 15.3 Å². The first kappa shape index (κ1) is 14.6. The molecule has 1 heterocycles. The molecule has 2 rings (SSSR count). The van der Waals surface area contributed by atoms with Gasteiger partial charge in [0, 0.05) is 6.54 Å². The zero-order chi connectivity index (χ0) is 13.9. The van der Waals surface area contributed by atoms with Gasteiger partial charge >= 0.3 is 0 Å². The summed E-state index contributed by atoms with van der Waals surface area (Å²) >= 11 is 4.29. The van der Waals surface area contributed by atoms with Gasteiger partial charge in [0.2, 0.25) is 0 Å². The number of nitrogens with one attached hydrogen (secondary N) is 1. The average molecular weight is 342 g/mol. The SMILES string of the molecule is [O-]C([O-])(NCC(O)c1ccccc1)c1ccc(Br)s1. The Hall–Kier alpha value is -0.760. The summed E-state index contributed by atoms with van der Waals surface area (Å²) in [5, 5.41) is 35.9. The maximum absolute atomic E-state index is 11.9. The van der Waals surface area contributed by atoms with Gasteiger partial charge in [-0.15, -0.1) is 17.2 Å². The first-order valence-electron chi connectivity index (χ1n) is 5.64. The van der Waals surface area contributed by atoms with Crippen LogP contribution < -0.4 is 15.5 Å². The highest BCUT2D eigenvalue weighted by molar-refractivity contribution is 9.11. The highest BCUT2D eigenvalue weighted by Gasteiger charge is 2.11. The highest BCUT2D eigenvalue weighted by atomic mass is 79.9. The second kappa shape index (κ2) is 6.13. The molecule has 19 heavy (non-hydrogen) atoms. The number of aliphatic hydroxyl groups is 1. The fourth-order valence-corrected chi connectivity index (χ4v) is 2.95. The zero-order valence-electron chi connectivity index (χ0n) is 9.88.